The Morgan fingerprint density at radius 3 is 2.55 bits per heavy atom. The monoisotopic (exact) mass is 575 g/mol. The van der Waals surface area contributed by atoms with Gasteiger partial charge in [0.25, 0.3) is 5.91 Å². The van der Waals surface area contributed by atoms with E-state index in [-0.39, 0.29) is 30.2 Å². The topological polar surface area (TPSA) is 69.7 Å². The molecule has 0 spiro atoms. The van der Waals surface area contributed by atoms with Gasteiger partial charge in [-0.3, -0.25) is 14.4 Å². The molecule has 0 aromatic heterocycles. The maximum atomic E-state index is 13.6. The molecule has 1 saturated carbocycles. The van der Waals surface area contributed by atoms with Gasteiger partial charge in [0, 0.05) is 41.0 Å². The summed E-state index contributed by atoms with van der Waals surface area (Å²) in [5.74, 6) is -0.203. The van der Waals surface area contributed by atoms with Crippen molar-refractivity contribution in [1.29, 1.82) is 0 Å². The third kappa shape index (κ3) is 5.63. The molecule has 0 unspecified atom stereocenters. The number of nitrogens with zero attached hydrogens (tertiary/aromatic N) is 2. The highest BCUT2D eigenvalue weighted by atomic mass is 79.9. The first-order chi connectivity index (χ1) is 18.4. The molecule has 1 atom stereocenters. The lowest BCUT2D eigenvalue weighted by molar-refractivity contribution is -0.141. The Labute approximate surface area is 232 Å². The Bertz CT molecular complexity index is 1350. The molecule has 0 radical (unpaired) electrons. The molecule has 0 bridgehead atoms. The fourth-order valence-electron chi connectivity index (χ4n) is 5.72. The second-order valence-electron chi connectivity index (χ2n) is 10.4. The van der Waals surface area contributed by atoms with Crippen LogP contribution in [0.5, 0.6) is 0 Å². The van der Waals surface area contributed by atoms with Crippen molar-refractivity contribution >= 4 is 50.1 Å². The number of halogens is 1. The molecule has 1 aliphatic heterocycles. The van der Waals surface area contributed by atoms with Crippen LogP contribution in [0.2, 0.25) is 0 Å². The number of amides is 3. The number of nitrogens with one attached hydrogen (secondary N) is 1. The molecular weight excluding hydrogens is 542 g/mol. The summed E-state index contributed by atoms with van der Waals surface area (Å²) < 4.78 is 0.933. The van der Waals surface area contributed by atoms with Crippen molar-refractivity contribution in [3.63, 3.8) is 0 Å². The van der Waals surface area contributed by atoms with Crippen molar-refractivity contribution < 1.29 is 14.4 Å². The molecule has 38 heavy (non-hydrogen) atoms. The molecular formula is C31H34BrN3O3. The highest BCUT2D eigenvalue weighted by molar-refractivity contribution is 9.10. The van der Waals surface area contributed by atoms with Crippen molar-refractivity contribution in [2.45, 2.75) is 70.5 Å². The summed E-state index contributed by atoms with van der Waals surface area (Å²) in [6.45, 7) is 2.62. The van der Waals surface area contributed by atoms with Crippen LogP contribution in [0.3, 0.4) is 0 Å². The van der Waals surface area contributed by atoms with Gasteiger partial charge in [0.1, 0.15) is 6.04 Å². The Hall–Kier alpha value is -3.19. The quantitative estimate of drug-likeness (QED) is 0.330. The largest absolute Gasteiger partial charge is 0.352 e. The van der Waals surface area contributed by atoms with Crippen LogP contribution in [-0.2, 0) is 16.1 Å². The summed E-state index contributed by atoms with van der Waals surface area (Å²) in [4.78, 5) is 43.4. The van der Waals surface area contributed by atoms with E-state index in [1.165, 1.54) is 6.42 Å². The maximum Gasteiger partial charge on any atom is 0.258 e. The van der Waals surface area contributed by atoms with E-state index in [9.17, 15) is 14.4 Å². The zero-order valence-corrected chi connectivity index (χ0v) is 23.4. The highest BCUT2D eigenvalue weighted by Gasteiger charge is 2.31. The fraction of sp³-hybridized carbons (Fsp3) is 0.387. The van der Waals surface area contributed by atoms with Crippen LogP contribution >= 0.6 is 15.9 Å². The predicted molar refractivity (Wildman–Crippen MR) is 154 cm³/mol. The first-order valence-electron chi connectivity index (χ1n) is 13.6. The van der Waals surface area contributed by atoms with Gasteiger partial charge >= 0.3 is 0 Å². The van der Waals surface area contributed by atoms with E-state index < -0.39 is 6.04 Å². The molecule has 5 rings (SSSR count). The molecule has 3 amide bonds. The molecule has 6 nitrogen and oxygen atoms in total. The summed E-state index contributed by atoms with van der Waals surface area (Å²) in [5, 5.41) is 5.21. The van der Waals surface area contributed by atoms with Crippen LogP contribution in [0.25, 0.3) is 10.8 Å². The van der Waals surface area contributed by atoms with Gasteiger partial charge in [0.05, 0.1) is 5.69 Å². The summed E-state index contributed by atoms with van der Waals surface area (Å²) >= 11 is 3.51. The van der Waals surface area contributed by atoms with Crippen molar-refractivity contribution in [2.75, 3.05) is 11.4 Å². The SMILES string of the molecule is C[C@H](C(=O)NC1CCCCC1)N(Cc1cccc(Br)c1)C(=O)CCCN1C(=O)c2cccc3cccc1c23. The molecule has 7 heteroatoms. The average Bonchev–Trinajstić information content (AvgIpc) is 3.20. The maximum absolute atomic E-state index is 13.6. The normalized spacial score (nSPS) is 16.1. The minimum atomic E-state index is -0.588. The van der Waals surface area contributed by atoms with E-state index in [1.807, 2.05) is 67.6 Å². The molecule has 0 saturated heterocycles. The molecule has 198 valence electrons. The van der Waals surface area contributed by atoms with Gasteiger partial charge < -0.3 is 15.1 Å². The Morgan fingerprint density at radius 1 is 1.05 bits per heavy atom. The minimum absolute atomic E-state index is 0.0181. The molecule has 3 aromatic rings. The van der Waals surface area contributed by atoms with E-state index in [1.54, 1.807) is 9.80 Å². The number of rotatable bonds is 9. The summed E-state index contributed by atoms with van der Waals surface area (Å²) in [5.41, 5.74) is 2.58. The van der Waals surface area contributed by atoms with Gasteiger partial charge in [0.15, 0.2) is 0 Å². The van der Waals surface area contributed by atoms with Crippen LogP contribution in [0.1, 0.15) is 67.8 Å². The van der Waals surface area contributed by atoms with Crippen LogP contribution in [0.15, 0.2) is 65.1 Å². The molecule has 1 fully saturated rings. The second kappa shape index (κ2) is 11.7. The standard InChI is InChI=1S/C31H34BrN3O3/c1-21(30(37)33-25-13-3-2-4-14-25)35(20-22-9-5-12-24(32)19-22)28(36)17-8-18-34-27-16-7-11-23-10-6-15-26(29(23)27)31(34)38/h5-7,9-12,15-16,19,21,25H,2-4,8,13-14,17-18,20H2,1H3,(H,33,37)/t21-/m1/s1. The summed E-state index contributed by atoms with van der Waals surface area (Å²) in [6.07, 6.45) is 6.24. The van der Waals surface area contributed by atoms with E-state index in [4.69, 9.17) is 0 Å². The van der Waals surface area contributed by atoms with Gasteiger partial charge in [-0.2, -0.15) is 0 Å². The average molecular weight is 577 g/mol. The summed E-state index contributed by atoms with van der Waals surface area (Å²) in [6, 6.07) is 19.2. The summed E-state index contributed by atoms with van der Waals surface area (Å²) in [7, 11) is 0. The van der Waals surface area contributed by atoms with Crippen molar-refractivity contribution in [2.24, 2.45) is 0 Å². The van der Waals surface area contributed by atoms with Crippen molar-refractivity contribution in [3.05, 3.63) is 76.3 Å². The van der Waals surface area contributed by atoms with Crippen molar-refractivity contribution in [1.82, 2.24) is 10.2 Å². The number of carbonyl (C=O) groups is 3. The lowest BCUT2D eigenvalue weighted by Gasteiger charge is -2.31. The predicted octanol–water partition coefficient (Wildman–Crippen LogP) is 6.21. The van der Waals surface area contributed by atoms with Gasteiger partial charge in [-0.1, -0.05) is 71.6 Å². The van der Waals surface area contributed by atoms with Gasteiger partial charge in [-0.05, 0) is 61.4 Å². The first-order valence-corrected chi connectivity index (χ1v) is 14.4. The zero-order valence-electron chi connectivity index (χ0n) is 21.8. The number of hydrogen-bond acceptors (Lipinski definition) is 3. The molecule has 1 aliphatic carbocycles. The lowest BCUT2D eigenvalue weighted by Crippen LogP contribution is -2.50. The smallest absolute Gasteiger partial charge is 0.258 e. The van der Waals surface area contributed by atoms with E-state index in [0.717, 1.165) is 52.2 Å². The third-order valence-electron chi connectivity index (χ3n) is 7.78. The molecule has 1 heterocycles. The van der Waals surface area contributed by atoms with E-state index in [0.29, 0.717) is 25.1 Å². The first kappa shape index (κ1) is 26.4. The minimum Gasteiger partial charge on any atom is -0.352 e. The Balaban J connectivity index is 1.27. The Morgan fingerprint density at radius 2 is 1.79 bits per heavy atom. The van der Waals surface area contributed by atoms with E-state index >= 15 is 0 Å². The number of benzene rings is 3. The molecule has 3 aromatic carbocycles. The number of carbonyl (C=O) groups excluding carboxylic acids is 3. The zero-order chi connectivity index (χ0) is 26.6. The van der Waals surface area contributed by atoms with Gasteiger partial charge in [0.2, 0.25) is 11.8 Å². The third-order valence-corrected chi connectivity index (χ3v) is 8.28. The van der Waals surface area contributed by atoms with Crippen molar-refractivity contribution in [3.8, 4) is 0 Å². The molecule has 2 aliphatic rings. The van der Waals surface area contributed by atoms with Gasteiger partial charge in [-0.25, -0.2) is 0 Å². The highest BCUT2D eigenvalue weighted by Crippen LogP contribution is 2.37. The number of hydrogen-bond donors (Lipinski definition) is 1. The van der Waals surface area contributed by atoms with Crippen LogP contribution in [-0.4, -0.2) is 41.2 Å². The number of anilines is 1. The fourth-order valence-corrected chi connectivity index (χ4v) is 6.16. The lowest BCUT2D eigenvalue weighted by atomic mass is 9.95. The van der Waals surface area contributed by atoms with Crippen LogP contribution in [0, 0.1) is 0 Å². The van der Waals surface area contributed by atoms with E-state index in [2.05, 4.69) is 21.2 Å². The van der Waals surface area contributed by atoms with Gasteiger partial charge in [-0.15, -0.1) is 0 Å². The van der Waals surface area contributed by atoms with Crippen LogP contribution in [0.4, 0.5) is 5.69 Å². The molecule has 1 N–H and O–H groups in total. The Kier molecular flexibility index (Phi) is 8.12. The second-order valence-corrected chi connectivity index (χ2v) is 11.3. The van der Waals surface area contributed by atoms with Crippen LogP contribution < -0.4 is 10.2 Å².